The molecule has 0 saturated heterocycles. The fourth-order valence-electron chi connectivity index (χ4n) is 0.965. The Morgan fingerprint density at radius 3 is 2.50 bits per heavy atom. The Morgan fingerprint density at radius 2 is 2.00 bits per heavy atom. The number of sulfonamides is 1. The SMILES string of the molecule is CCOC(=O)CCN(C)S(=O)(=O)CCOC. The highest BCUT2D eigenvalue weighted by molar-refractivity contribution is 7.89. The lowest BCUT2D eigenvalue weighted by molar-refractivity contribution is -0.143. The van der Waals surface area contributed by atoms with Crippen molar-refractivity contribution in [1.29, 1.82) is 0 Å². The van der Waals surface area contributed by atoms with Crippen molar-refractivity contribution in [1.82, 2.24) is 4.31 Å². The van der Waals surface area contributed by atoms with Gasteiger partial charge >= 0.3 is 5.97 Å². The molecule has 0 radical (unpaired) electrons. The van der Waals surface area contributed by atoms with Crippen molar-refractivity contribution in [2.75, 3.05) is 39.7 Å². The summed E-state index contributed by atoms with van der Waals surface area (Å²) in [4.78, 5) is 11.0. The van der Waals surface area contributed by atoms with Crippen LogP contribution in [0.1, 0.15) is 13.3 Å². The van der Waals surface area contributed by atoms with Gasteiger partial charge in [-0.05, 0) is 6.92 Å². The Balaban J connectivity index is 4.04. The van der Waals surface area contributed by atoms with Crippen LogP contribution in [0.2, 0.25) is 0 Å². The van der Waals surface area contributed by atoms with Gasteiger partial charge in [0.25, 0.3) is 0 Å². The summed E-state index contributed by atoms with van der Waals surface area (Å²) in [5.41, 5.74) is 0. The number of rotatable bonds is 8. The number of methoxy groups -OCH3 is 1. The highest BCUT2D eigenvalue weighted by atomic mass is 32.2. The fourth-order valence-corrected chi connectivity index (χ4v) is 2.02. The molecule has 0 aliphatic carbocycles. The quantitative estimate of drug-likeness (QED) is 0.562. The topological polar surface area (TPSA) is 72.9 Å². The van der Waals surface area contributed by atoms with Gasteiger partial charge in [-0.3, -0.25) is 4.79 Å². The summed E-state index contributed by atoms with van der Waals surface area (Å²) < 4.78 is 33.6. The molecule has 0 aliphatic rings. The van der Waals surface area contributed by atoms with Crippen LogP contribution >= 0.6 is 0 Å². The lowest BCUT2D eigenvalue weighted by Crippen LogP contribution is -2.32. The highest BCUT2D eigenvalue weighted by Gasteiger charge is 2.18. The first-order valence-electron chi connectivity index (χ1n) is 5.02. The van der Waals surface area contributed by atoms with Gasteiger partial charge in [-0.15, -0.1) is 0 Å². The van der Waals surface area contributed by atoms with Crippen LogP contribution in [0.5, 0.6) is 0 Å². The third-order valence-electron chi connectivity index (χ3n) is 1.96. The third-order valence-corrected chi connectivity index (χ3v) is 3.77. The molecule has 0 spiro atoms. The van der Waals surface area contributed by atoms with E-state index >= 15 is 0 Å². The Kier molecular flexibility index (Phi) is 7.27. The van der Waals surface area contributed by atoms with Crippen LogP contribution in [0, 0.1) is 0 Å². The molecule has 0 atom stereocenters. The van der Waals surface area contributed by atoms with Crippen molar-refractivity contribution in [2.45, 2.75) is 13.3 Å². The maximum atomic E-state index is 11.6. The summed E-state index contributed by atoms with van der Waals surface area (Å²) in [5.74, 6) is -0.473. The Bertz CT molecular complexity index is 301. The zero-order valence-electron chi connectivity index (χ0n) is 9.93. The molecule has 0 heterocycles. The summed E-state index contributed by atoms with van der Waals surface area (Å²) in [5, 5.41) is 0. The van der Waals surface area contributed by atoms with Crippen molar-refractivity contribution in [3.05, 3.63) is 0 Å². The van der Waals surface area contributed by atoms with Gasteiger partial charge in [0.05, 0.1) is 25.4 Å². The molecule has 0 aromatic rings. The van der Waals surface area contributed by atoms with Crippen LogP contribution in [0.25, 0.3) is 0 Å². The molecule has 96 valence electrons. The monoisotopic (exact) mass is 253 g/mol. The molecule has 0 unspecified atom stereocenters. The molecule has 6 nitrogen and oxygen atoms in total. The van der Waals surface area contributed by atoms with Crippen LogP contribution in [-0.2, 0) is 24.3 Å². The molecule has 0 aromatic heterocycles. The molecule has 0 N–H and O–H groups in total. The van der Waals surface area contributed by atoms with Gasteiger partial charge < -0.3 is 9.47 Å². The van der Waals surface area contributed by atoms with Crippen LogP contribution in [0.4, 0.5) is 0 Å². The summed E-state index contributed by atoms with van der Waals surface area (Å²) in [6.45, 7) is 2.28. The number of ether oxygens (including phenoxy) is 2. The molecular formula is C9H19NO5S. The number of nitrogens with zero attached hydrogens (tertiary/aromatic N) is 1. The minimum atomic E-state index is -3.33. The lowest BCUT2D eigenvalue weighted by atomic mass is 10.4. The third kappa shape index (κ3) is 6.04. The first-order valence-corrected chi connectivity index (χ1v) is 6.63. The molecule has 0 bridgehead atoms. The average molecular weight is 253 g/mol. The van der Waals surface area contributed by atoms with Gasteiger partial charge in [0.15, 0.2) is 0 Å². The van der Waals surface area contributed by atoms with Gasteiger partial charge in [-0.1, -0.05) is 0 Å². The molecule has 0 aliphatic heterocycles. The van der Waals surface area contributed by atoms with E-state index in [2.05, 4.69) is 0 Å². The van der Waals surface area contributed by atoms with E-state index in [1.54, 1.807) is 6.92 Å². The van der Waals surface area contributed by atoms with Crippen LogP contribution in [0.15, 0.2) is 0 Å². The second-order valence-electron chi connectivity index (χ2n) is 3.19. The maximum Gasteiger partial charge on any atom is 0.307 e. The van der Waals surface area contributed by atoms with E-state index < -0.39 is 16.0 Å². The van der Waals surface area contributed by atoms with Gasteiger partial charge in [0.1, 0.15) is 0 Å². The highest BCUT2D eigenvalue weighted by Crippen LogP contribution is 2.00. The maximum absolute atomic E-state index is 11.6. The number of carbonyl (C=O) groups is 1. The van der Waals surface area contributed by atoms with Gasteiger partial charge in [0.2, 0.25) is 10.0 Å². The van der Waals surface area contributed by atoms with Gasteiger partial charge in [-0.25, -0.2) is 12.7 Å². The Labute approximate surface area is 96.6 Å². The first kappa shape index (κ1) is 15.3. The predicted molar refractivity (Wildman–Crippen MR) is 59.5 cm³/mol. The molecule has 0 fully saturated rings. The second-order valence-corrected chi connectivity index (χ2v) is 5.38. The standard InChI is InChI=1S/C9H19NO5S/c1-4-15-9(11)5-6-10(2)16(12,13)8-7-14-3/h4-8H2,1-3H3. The molecule has 0 aromatic carbocycles. The Hall–Kier alpha value is -0.660. The summed E-state index contributed by atoms with van der Waals surface area (Å²) in [6.07, 6.45) is 0.0660. The van der Waals surface area contributed by atoms with E-state index in [1.165, 1.54) is 14.2 Å². The molecule has 7 heteroatoms. The summed E-state index contributed by atoms with van der Waals surface area (Å²) in [6, 6.07) is 0. The van der Waals surface area contributed by atoms with Crippen LogP contribution < -0.4 is 0 Å². The zero-order valence-corrected chi connectivity index (χ0v) is 10.7. The summed E-state index contributed by atoms with van der Waals surface area (Å²) >= 11 is 0. The number of esters is 1. The Morgan fingerprint density at radius 1 is 1.38 bits per heavy atom. The average Bonchev–Trinajstić information content (AvgIpc) is 2.23. The molecule has 0 rings (SSSR count). The van der Waals surface area contributed by atoms with Crippen LogP contribution in [0.3, 0.4) is 0 Å². The van der Waals surface area contributed by atoms with Gasteiger partial charge in [-0.2, -0.15) is 0 Å². The minimum Gasteiger partial charge on any atom is -0.466 e. The molecular weight excluding hydrogens is 234 g/mol. The van der Waals surface area contributed by atoms with Crippen LogP contribution in [-0.4, -0.2) is 58.4 Å². The first-order chi connectivity index (χ1) is 7.44. The number of hydrogen-bond acceptors (Lipinski definition) is 5. The van der Waals surface area contributed by atoms with Crippen molar-refractivity contribution >= 4 is 16.0 Å². The van der Waals surface area contributed by atoms with E-state index in [4.69, 9.17) is 9.47 Å². The minimum absolute atomic E-state index is 0.0660. The molecule has 0 amide bonds. The lowest BCUT2D eigenvalue weighted by Gasteiger charge is -2.16. The fraction of sp³-hybridized carbons (Fsp3) is 0.889. The van der Waals surface area contributed by atoms with Crippen molar-refractivity contribution in [3.8, 4) is 0 Å². The molecule has 16 heavy (non-hydrogen) atoms. The normalized spacial score (nSPS) is 11.8. The van der Waals surface area contributed by atoms with E-state index in [1.807, 2.05) is 0 Å². The van der Waals surface area contributed by atoms with Gasteiger partial charge in [0, 0.05) is 20.7 Å². The molecule has 0 saturated carbocycles. The van der Waals surface area contributed by atoms with Crippen molar-refractivity contribution in [3.63, 3.8) is 0 Å². The zero-order chi connectivity index (χ0) is 12.6. The largest absolute Gasteiger partial charge is 0.466 e. The second kappa shape index (κ2) is 7.59. The van der Waals surface area contributed by atoms with Crippen molar-refractivity contribution < 1.29 is 22.7 Å². The van der Waals surface area contributed by atoms with Crippen molar-refractivity contribution in [2.24, 2.45) is 0 Å². The number of carbonyl (C=O) groups excluding carboxylic acids is 1. The van der Waals surface area contributed by atoms with E-state index in [9.17, 15) is 13.2 Å². The summed E-state index contributed by atoms with van der Waals surface area (Å²) in [7, 11) is -0.459. The number of hydrogen-bond donors (Lipinski definition) is 0. The smallest absolute Gasteiger partial charge is 0.307 e. The predicted octanol–water partition coefficient (Wildman–Crippen LogP) is -0.152. The van der Waals surface area contributed by atoms with E-state index in [-0.39, 0.29) is 25.3 Å². The van der Waals surface area contributed by atoms with E-state index in [0.717, 1.165) is 4.31 Å². The van der Waals surface area contributed by atoms with E-state index in [0.29, 0.717) is 6.61 Å².